The molecule has 1 aromatic carbocycles. The topological polar surface area (TPSA) is 137 Å². The summed E-state index contributed by atoms with van der Waals surface area (Å²) in [6.45, 7) is 2.15. The van der Waals surface area contributed by atoms with Crippen molar-refractivity contribution in [3.05, 3.63) is 47.1 Å². The second-order valence-corrected chi connectivity index (χ2v) is 7.94. The van der Waals surface area contributed by atoms with Crippen LogP contribution in [0, 0.1) is 6.92 Å². The molecular weight excluding hydrogens is 432 g/mol. The first-order valence-corrected chi connectivity index (χ1v) is 10.7. The number of nitrogens with two attached hydrogens (primary N) is 1. The number of aryl methyl sites for hydroxylation is 2. The van der Waals surface area contributed by atoms with Crippen molar-refractivity contribution in [1.82, 2.24) is 25.3 Å². The van der Waals surface area contributed by atoms with Gasteiger partial charge < -0.3 is 25.6 Å². The molecule has 0 aliphatic heterocycles. The summed E-state index contributed by atoms with van der Waals surface area (Å²) in [7, 11) is 1.82. The summed E-state index contributed by atoms with van der Waals surface area (Å²) in [5, 5.41) is 22.0. The molecule has 0 unspecified atom stereocenters. The highest BCUT2D eigenvalue weighted by molar-refractivity contribution is 7.17. The summed E-state index contributed by atoms with van der Waals surface area (Å²) in [4.78, 5) is 16.0. The number of aliphatic hydroxyl groups excluding tert-OH is 1. The number of aromatic nitrogens is 4. The van der Waals surface area contributed by atoms with E-state index in [1.165, 1.54) is 17.5 Å². The van der Waals surface area contributed by atoms with E-state index < -0.39 is 6.09 Å². The van der Waals surface area contributed by atoms with Gasteiger partial charge in [0.05, 0.1) is 23.7 Å². The zero-order valence-electron chi connectivity index (χ0n) is 17.5. The van der Waals surface area contributed by atoms with Crippen molar-refractivity contribution >= 4 is 33.3 Å². The van der Waals surface area contributed by atoms with E-state index in [2.05, 4.69) is 20.6 Å². The summed E-state index contributed by atoms with van der Waals surface area (Å²) < 4.78 is 13.8. The number of fused-ring (bicyclic) bond motifs is 1. The van der Waals surface area contributed by atoms with Crippen LogP contribution in [0.25, 0.3) is 21.3 Å². The van der Waals surface area contributed by atoms with Gasteiger partial charge in [-0.2, -0.15) is 0 Å². The number of hydrogen-bond acceptors (Lipinski definition) is 9. The first-order valence-electron chi connectivity index (χ1n) is 9.77. The van der Waals surface area contributed by atoms with Crippen molar-refractivity contribution in [2.45, 2.75) is 13.5 Å². The van der Waals surface area contributed by atoms with Gasteiger partial charge in [-0.3, -0.25) is 4.68 Å². The number of nitrogens with zero attached hydrogens (tertiary/aromatic N) is 4. The number of hydrogen-bond donors (Lipinski definition) is 3. The average Bonchev–Trinajstić information content (AvgIpc) is 3.41. The number of nitrogens with one attached hydrogen (secondary N) is 1. The Kier molecular flexibility index (Phi) is 6.19. The summed E-state index contributed by atoms with van der Waals surface area (Å²) in [5.74, 6) is 1.34. The van der Waals surface area contributed by atoms with Gasteiger partial charge in [-0.1, -0.05) is 17.3 Å². The first-order chi connectivity index (χ1) is 15.5. The molecule has 0 saturated heterocycles. The number of carbonyl (C=O) groups is 1. The van der Waals surface area contributed by atoms with Crippen molar-refractivity contribution < 1.29 is 19.4 Å². The van der Waals surface area contributed by atoms with Crippen molar-refractivity contribution in [2.75, 3.05) is 18.9 Å². The number of nitrogen functional groups attached to an aromatic ring is 1. The van der Waals surface area contributed by atoms with Gasteiger partial charge in [0.25, 0.3) is 0 Å². The van der Waals surface area contributed by atoms with Gasteiger partial charge in [0.15, 0.2) is 5.75 Å². The van der Waals surface area contributed by atoms with E-state index in [1.807, 2.05) is 43.7 Å². The Bertz CT molecular complexity index is 1270. The van der Waals surface area contributed by atoms with Crippen molar-refractivity contribution in [2.24, 2.45) is 7.05 Å². The molecule has 0 aliphatic carbocycles. The van der Waals surface area contributed by atoms with Gasteiger partial charge in [-0.15, -0.1) is 16.4 Å². The minimum Gasteiger partial charge on any atom is -0.489 e. The zero-order chi connectivity index (χ0) is 22.7. The monoisotopic (exact) mass is 454 g/mol. The molecule has 4 rings (SSSR count). The molecule has 0 atom stereocenters. The smallest absolute Gasteiger partial charge is 0.412 e. The lowest BCUT2D eigenvalue weighted by Gasteiger charge is -2.11. The molecule has 0 spiro atoms. The predicted octanol–water partition coefficient (Wildman–Crippen LogP) is 2.64. The summed E-state index contributed by atoms with van der Waals surface area (Å²) in [6.07, 6.45) is 2.58. The number of pyridine rings is 1. The molecule has 4 N–H and O–H groups in total. The van der Waals surface area contributed by atoms with Crippen LogP contribution in [-0.2, 0) is 13.7 Å². The van der Waals surface area contributed by atoms with Crippen LogP contribution in [0.3, 0.4) is 0 Å². The van der Waals surface area contributed by atoms with Crippen LogP contribution in [0.5, 0.6) is 11.5 Å². The fourth-order valence-electron chi connectivity index (χ4n) is 3.13. The third kappa shape index (κ3) is 4.48. The molecule has 3 heterocycles. The number of ether oxygens (including phenoxy) is 2. The first kappa shape index (κ1) is 21.5. The van der Waals surface area contributed by atoms with Crippen LogP contribution < -0.4 is 20.5 Å². The van der Waals surface area contributed by atoms with Gasteiger partial charge in [-0.05, 0) is 23.9 Å². The molecule has 0 saturated carbocycles. The van der Waals surface area contributed by atoms with E-state index in [9.17, 15) is 4.79 Å². The van der Waals surface area contributed by atoms with Crippen molar-refractivity contribution in [3.63, 3.8) is 0 Å². The Balaban J connectivity index is 1.56. The molecule has 32 heavy (non-hydrogen) atoms. The minimum atomic E-state index is -0.672. The maximum atomic E-state index is 11.9. The third-order valence-corrected chi connectivity index (χ3v) is 5.76. The van der Waals surface area contributed by atoms with Crippen LogP contribution in [0.15, 0.2) is 36.0 Å². The Morgan fingerprint density at radius 1 is 1.34 bits per heavy atom. The number of rotatable bonds is 7. The Labute approximate surface area is 187 Å². The highest BCUT2D eigenvalue weighted by Gasteiger charge is 2.17. The highest BCUT2D eigenvalue weighted by Crippen LogP contribution is 2.37. The van der Waals surface area contributed by atoms with Gasteiger partial charge in [0.2, 0.25) is 0 Å². The lowest BCUT2D eigenvalue weighted by Crippen LogP contribution is -2.29. The maximum absolute atomic E-state index is 11.9. The van der Waals surface area contributed by atoms with Crippen LogP contribution in [-0.4, -0.2) is 44.3 Å². The van der Waals surface area contributed by atoms with E-state index in [1.54, 1.807) is 4.68 Å². The Hall–Kier alpha value is -3.70. The van der Waals surface area contributed by atoms with E-state index in [4.69, 9.17) is 20.3 Å². The van der Waals surface area contributed by atoms with Crippen LogP contribution in [0.1, 0.15) is 11.1 Å². The molecule has 3 aromatic heterocycles. The van der Waals surface area contributed by atoms with E-state index >= 15 is 0 Å². The normalized spacial score (nSPS) is 11.0. The Morgan fingerprint density at radius 2 is 2.19 bits per heavy atom. The van der Waals surface area contributed by atoms with Gasteiger partial charge in [0.1, 0.15) is 23.9 Å². The summed E-state index contributed by atoms with van der Waals surface area (Å²) >= 11 is 1.39. The molecule has 11 heteroatoms. The fourth-order valence-corrected chi connectivity index (χ4v) is 4.14. The van der Waals surface area contributed by atoms with E-state index in [-0.39, 0.29) is 19.8 Å². The number of carbonyl (C=O) groups excluding carboxylic acids is 1. The second-order valence-electron chi connectivity index (χ2n) is 7.06. The van der Waals surface area contributed by atoms with E-state index in [0.717, 1.165) is 28.1 Å². The molecule has 10 nitrogen and oxygen atoms in total. The standard InChI is InChI=1S/C21H22N6O4S/c1-12-3-4-13(15-9-27(2)26-25-15)7-16(12)30-10-14-11-32-19-17(8-24-20(22)18(14)19)31-21(29)23-5-6-28/h3-4,7-9,11,28H,5-6,10H2,1-2H3,(H2,22,24)(H,23,29). The quantitative estimate of drug-likeness (QED) is 0.388. The van der Waals surface area contributed by atoms with E-state index in [0.29, 0.717) is 21.7 Å². The fraction of sp³-hybridized carbons (Fsp3) is 0.238. The van der Waals surface area contributed by atoms with Crippen molar-refractivity contribution in [1.29, 1.82) is 0 Å². The summed E-state index contributed by atoms with van der Waals surface area (Å²) in [6, 6.07) is 5.87. The predicted molar refractivity (Wildman–Crippen MR) is 121 cm³/mol. The van der Waals surface area contributed by atoms with Crippen LogP contribution in [0.4, 0.5) is 10.6 Å². The number of amides is 1. The summed E-state index contributed by atoms with van der Waals surface area (Å²) in [5.41, 5.74) is 9.59. The van der Waals surface area contributed by atoms with Gasteiger partial charge in [0, 0.05) is 30.1 Å². The lowest BCUT2D eigenvalue weighted by atomic mass is 10.1. The molecule has 0 fully saturated rings. The molecule has 0 radical (unpaired) electrons. The number of anilines is 1. The van der Waals surface area contributed by atoms with Gasteiger partial charge >= 0.3 is 6.09 Å². The molecule has 166 valence electrons. The highest BCUT2D eigenvalue weighted by atomic mass is 32.1. The molecule has 1 amide bonds. The molecule has 0 bridgehead atoms. The lowest BCUT2D eigenvalue weighted by molar-refractivity contribution is 0.196. The SMILES string of the molecule is Cc1ccc(-c2cn(C)nn2)cc1OCc1csc2c(OC(=O)NCCO)cnc(N)c12. The maximum Gasteiger partial charge on any atom is 0.412 e. The second kappa shape index (κ2) is 9.20. The zero-order valence-corrected chi connectivity index (χ0v) is 18.3. The molecule has 0 aliphatic rings. The van der Waals surface area contributed by atoms with Gasteiger partial charge in [-0.25, -0.2) is 9.78 Å². The molecular formula is C21H22N6O4S. The number of benzene rings is 1. The number of thiophene rings is 1. The van der Waals surface area contributed by atoms with Crippen molar-refractivity contribution in [3.8, 4) is 22.8 Å². The Morgan fingerprint density at radius 3 is 2.94 bits per heavy atom. The van der Waals surface area contributed by atoms with Crippen LogP contribution >= 0.6 is 11.3 Å². The third-order valence-electron chi connectivity index (χ3n) is 4.72. The largest absolute Gasteiger partial charge is 0.489 e. The minimum absolute atomic E-state index is 0.0981. The average molecular weight is 455 g/mol. The number of aliphatic hydroxyl groups is 1. The molecule has 4 aromatic rings. The van der Waals surface area contributed by atoms with Crippen LogP contribution in [0.2, 0.25) is 0 Å².